The van der Waals surface area contributed by atoms with Crippen molar-refractivity contribution in [2.45, 2.75) is 50.9 Å². The predicted molar refractivity (Wildman–Crippen MR) is 126 cm³/mol. The maximum absolute atomic E-state index is 6.13. The van der Waals surface area contributed by atoms with Crippen LogP contribution in [0.3, 0.4) is 0 Å². The summed E-state index contributed by atoms with van der Waals surface area (Å²) in [5, 5.41) is 0. The van der Waals surface area contributed by atoms with Gasteiger partial charge in [-0.05, 0) is 106 Å². The van der Waals surface area contributed by atoms with Gasteiger partial charge in [-0.25, -0.2) is 0 Å². The zero-order valence-corrected chi connectivity index (χ0v) is 18.8. The number of aromatic nitrogens is 1. The summed E-state index contributed by atoms with van der Waals surface area (Å²) in [6.45, 7) is 8.17. The van der Waals surface area contributed by atoms with Crippen molar-refractivity contribution in [1.82, 2.24) is 14.8 Å². The molecule has 0 radical (unpaired) electrons. The minimum atomic E-state index is 0.594. The van der Waals surface area contributed by atoms with Crippen molar-refractivity contribution in [3.63, 3.8) is 0 Å². The van der Waals surface area contributed by atoms with E-state index in [9.17, 15) is 0 Å². The van der Waals surface area contributed by atoms with Crippen molar-refractivity contribution in [3.05, 3.63) is 59.4 Å². The van der Waals surface area contributed by atoms with E-state index in [2.05, 4.69) is 45.1 Å². The molecule has 0 saturated carbocycles. The zero-order valence-electron chi connectivity index (χ0n) is 18.8. The second-order valence-corrected chi connectivity index (χ2v) is 9.79. The molecule has 5 rings (SSSR count). The molecular weight excluding hydrogens is 382 g/mol. The number of likely N-dealkylation sites (tertiary alicyclic amines) is 2. The van der Waals surface area contributed by atoms with Gasteiger partial charge in [0.1, 0.15) is 5.75 Å². The van der Waals surface area contributed by atoms with Crippen molar-refractivity contribution in [2.75, 3.05) is 45.9 Å². The lowest BCUT2D eigenvalue weighted by Crippen LogP contribution is -2.30. The third-order valence-electron chi connectivity index (χ3n) is 7.49. The van der Waals surface area contributed by atoms with Gasteiger partial charge in [0.05, 0.1) is 6.61 Å². The van der Waals surface area contributed by atoms with Crippen molar-refractivity contribution < 1.29 is 4.74 Å². The lowest BCUT2D eigenvalue weighted by molar-refractivity contribution is 0.257. The third kappa shape index (κ3) is 5.48. The number of rotatable bonds is 8. The van der Waals surface area contributed by atoms with E-state index in [1.54, 1.807) is 5.56 Å². The average Bonchev–Trinajstić information content (AvgIpc) is 3.50. The van der Waals surface area contributed by atoms with Crippen molar-refractivity contribution in [2.24, 2.45) is 5.92 Å². The topological polar surface area (TPSA) is 28.6 Å². The Morgan fingerprint density at radius 3 is 2.77 bits per heavy atom. The van der Waals surface area contributed by atoms with Crippen molar-refractivity contribution >= 4 is 0 Å². The summed E-state index contributed by atoms with van der Waals surface area (Å²) in [6.07, 6.45) is 10.8. The monoisotopic (exact) mass is 419 g/mol. The van der Waals surface area contributed by atoms with Gasteiger partial charge < -0.3 is 14.5 Å². The van der Waals surface area contributed by atoms with Crippen LogP contribution in [0.25, 0.3) is 0 Å². The third-order valence-corrected chi connectivity index (χ3v) is 7.49. The molecule has 2 atom stereocenters. The molecular formula is C27H37N3O. The summed E-state index contributed by atoms with van der Waals surface area (Å²) in [6, 6.07) is 13.1. The van der Waals surface area contributed by atoms with Gasteiger partial charge in [-0.2, -0.15) is 0 Å². The standard InChI is InChI=1S/C27H37N3O/c1-2-12-28-27(6-1)25-11-16-30(21-25)15-5-17-31-26-10-9-23-18-22(7-8-24(23)19-26)20-29-13-3-4-14-29/h1-2,6,9-10,12,19,22,25H,3-5,7-8,11,13-18,20-21H2. The van der Waals surface area contributed by atoms with Crippen molar-refractivity contribution in [1.29, 1.82) is 0 Å². The van der Waals surface area contributed by atoms with Crippen molar-refractivity contribution in [3.8, 4) is 5.75 Å². The number of hydrogen-bond acceptors (Lipinski definition) is 4. The Hall–Kier alpha value is -1.91. The van der Waals surface area contributed by atoms with Crippen LogP contribution >= 0.6 is 0 Å². The molecule has 3 heterocycles. The molecule has 2 aromatic rings. The summed E-state index contributed by atoms with van der Waals surface area (Å²) >= 11 is 0. The second-order valence-electron chi connectivity index (χ2n) is 9.79. The summed E-state index contributed by atoms with van der Waals surface area (Å²) in [4.78, 5) is 9.78. The molecule has 2 unspecified atom stereocenters. The number of hydrogen-bond donors (Lipinski definition) is 0. The van der Waals surface area contributed by atoms with Gasteiger partial charge in [-0.3, -0.25) is 4.98 Å². The van der Waals surface area contributed by atoms with Crippen LogP contribution in [0.2, 0.25) is 0 Å². The molecule has 4 nitrogen and oxygen atoms in total. The summed E-state index contributed by atoms with van der Waals surface area (Å²) in [5.41, 5.74) is 4.33. The molecule has 1 aliphatic carbocycles. The van der Waals surface area contributed by atoms with Crippen LogP contribution in [0.1, 0.15) is 54.8 Å². The van der Waals surface area contributed by atoms with E-state index < -0.39 is 0 Å². The Labute approximate surface area is 187 Å². The molecule has 2 fully saturated rings. The summed E-state index contributed by atoms with van der Waals surface area (Å²) < 4.78 is 6.13. The molecule has 0 spiro atoms. The molecule has 31 heavy (non-hydrogen) atoms. The van der Waals surface area contributed by atoms with E-state index in [4.69, 9.17) is 4.74 Å². The van der Waals surface area contributed by atoms with Gasteiger partial charge in [0, 0.05) is 37.4 Å². The lowest BCUT2D eigenvalue weighted by Gasteiger charge is -2.28. The van der Waals surface area contributed by atoms with E-state index >= 15 is 0 Å². The van der Waals surface area contributed by atoms with Crippen LogP contribution in [0.4, 0.5) is 0 Å². The van der Waals surface area contributed by atoms with Gasteiger partial charge in [0.15, 0.2) is 0 Å². The smallest absolute Gasteiger partial charge is 0.119 e. The fraction of sp³-hybridized carbons (Fsp3) is 0.593. The molecule has 4 heteroatoms. The van der Waals surface area contributed by atoms with Gasteiger partial charge >= 0.3 is 0 Å². The van der Waals surface area contributed by atoms with Gasteiger partial charge in [0.25, 0.3) is 0 Å². The second kappa shape index (κ2) is 10.1. The maximum atomic E-state index is 6.13. The number of aryl methyl sites for hydroxylation is 1. The van der Waals surface area contributed by atoms with Gasteiger partial charge in [-0.1, -0.05) is 12.1 Å². The quantitative estimate of drug-likeness (QED) is 0.588. The van der Waals surface area contributed by atoms with Crippen LogP contribution < -0.4 is 4.74 Å². The maximum Gasteiger partial charge on any atom is 0.119 e. The first kappa shape index (κ1) is 21.0. The fourth-order valence-corrected chi connectivity index (χ4v) is 5.76. The van der Waals surface area contributed by atoms with E-state index in [1.165, 1.54) is 76.0 Å². The Morgan fingerprint density at radius 2 is 1.90 bits per heavy atom. The van der Waals surface area contributed by atoms with Crippen LogP contribution in [0.5, 0.6) is 5.75 Å². The highest BCUT2D eigenvalue weighted by Crippen LogP contribution is 2.30. The number of nitrogens with zero attached hydrogens (tertiary/aromatic N) is 3. The number of ether oxygens (including phenoxy) is 1. The molecule has 0 bridgehead atoms. The molecule has 3 aliphatic rings. The molecule has 0 N–H and O–H groups in total. The van der Waals surface area contributed by atoms with Crippen LogP contribution in [0, 0.1) is 5.92 Å². The Kier molecular flexibility index (Phi) is 6.86. The molecule has 2 saturated heterocycles. The van der Waals surface area contributed by atoms with Crippen LogP contribution in [0.15, 0.2) is 42.6 Å². The first-order chi connectivity index (χ1) is 15.3. The average molecular weight is 420 g/mol. The highest BCUT2D eigenvalue weighted by Gasteiger charge is 2.25. The number of pyridine rings is 1. The summed E-state index contributed by atoms with van der Waals surface area (Å²) in [7, 11) is 0. The van der Waals surface area contributed by atoms with Gasteiger partial charge in [-0.15, -0.1) is 0 Å². The first-order valence-corrected chi connectivity index (χ1v) is 12.4. The normalized spacial score (nSPS) is 24.4. The Balaban J connectivity index is 1.04. The molecule has 0 amide bonds. The van der Waals surface area contributed by atoms with Gasteiger partial charge in [0.2, 0.25) is 0 Å². The number of fused-ring (bicyclic) bond motifs is 1. The Bertz CT molecular complexity index is 834. The predicted octanol–water partition coefficient (Wildman–Crippen LogP) is 4.54. The van der Waals surface area contributed by atoms with E-state index in [1.807, 2.05) is 12.3 Å². The van der Waals surface area contributed by atoms with Crippen LogP contribution in [-0.4, -0.2) is 60.7 Å². The Morgan fingerprint density at radius 1 is 0.968 bits per heavy atom. The summed E-state index contributed by atoms with van der Waals surface area (Å²) in [5.74, 6) is 2.49. The fourth-order valence-electron chi connectivity index (χ4n) is 5.76. The minimum absolute atomic E-state index is 0.594. The zero-order chi connectivity index (χ0) is 20.9. The SMILES string of the molecule is c1ccc(C2CCN(CCCOc3ccc4c(c3)CCC(CN3CCCC3)C4)C2)nc1. The van der Waals surface area contributed by atoms with E-state index in [-0.39, 0.29) is 0 Å². The highest BCUT2D eigenvalue weighted by molar-refractivity contribution is 5.37. The minimum Gasteiger partial charge on any atom is -0.494 e. The van der Waals surface area contributed by atoms with E-state index in [0.717, 1.165) is 37.8 Å². The molecule has 1 aromatic heterocycles. The number of benzene rings is 1. The largest absolute Gasteiger partial charge is 0.494 e. The van der Waals surface area contributed by atoms with Crippen LogP contribution in [-0.2, 0) is 12.8 Å². The lowest BCUT2D eigenvalue weighted by atomic mass is 9.83. The molecule has 1 aromatic carbocycles. The first-order valence-electron chi connectivity index (χ1n) is 12.4. The van der Waals surface area contributed by atoms with E-state index in [0.29, 0.717) is 5.92 Å². The molecule has 2 aliphatic heterocycles. The highest BCUT2D eigenvalue weighted by atomic mass is 16.5. The molecule has 166 valence electrons.